The van der Waals surface area contributed by atoms with E-state index in [4.69, 9.17) is 18.9 Å². The van der Waals surface area contributed by atoms with Gasteiger partial charge < -0.3 is 24.1 Å². The molecule has 0 spiro atoms. The first-order valence-electron chi connectivity index (χ1n) is 11.4. The summed E-state index contributed by atoms with van der Waals surface area (Å²) in [6.07, 6.45) is 6.71. The van der Waals surface area contributed by atoms with E-state index in [2.05, 4.69) is 13.8 Å². The van der Waals surface area contributed by atoms with Gasteiger partial charge in [0.05, 0.1) is 19.8 Å². The van der Waals surface area contributed by atoms with Crippen LogP contribution in [0.5, 0.6) is 11.5 Å². The molecule has 0 aromatic heterocycles. The molecule has 7 nitrogen and oxygen atoms in total. The normalized spacial score (nSPS) is 13.3. The van der Waals surface area contributed by atoms with Crippen molar-refractivity contribution in [2.75, 3.05) is 20.3 Å². The van der Waals surface area contributed by atoms with Crippen LogP contribution in [-0.2, 0) is 32.0 Å². The number of carbonyl (C=O) groups excluding carboxylic acids is 2. The lowest BCUT2D eigenvalue weighted by Gasteiger charge is -2.15. The van der Waals surface area contributed by atoms with E-state index in [9.17, 15) is 14.7 Å². The summed E-state index contributed by atoms with van der Waals surface area (Å²) in [6, 6.07) is 0. The molecule has 0 unspecified atom stereocenters. The molecule has 182 valence electrons. The predicted molar refractivity (Wildman–Crippen MR) is 125 cm³/mol. The second-order valence-corrected chi connectivity index (χ2v) is 8.30. The van der Waals surface area contributed by atoms with E-state index in [1.54, 1.807) is 0 Å². The highest BCUT2D eigenvalue weighted by Gasteiger charge is 2.31. The minimum absolute atomic E-state index is 0.0949. The number of allylic oxidation sites excluding steroid dienone is 2. The van der Waals surface area contributed by atoms with Crippen LogP contribution in [0.15, 0.2) is 11.6 Å². The molecule has 0 aliphatic carbocycles. The van der Waals surface area contributed by atoms with E-state index in [-0.39, 0.29) is 30.0 Å². The largest absolute Gasteiger partial charge is 0.507 e. The second-order valence-electron chi connectivity index (χ2n) is 8.30. The first-order valence-corrected chi connectivity index (χ1v) is 11.4. The molecule has 0 bridgehead atoms. The number of phenols is 1. The molecule has 33 heavy (non-hydrogen) atoms. The summed E-state index contributed by atoms with van der Waals surface area (Å²) in [4.78, 5) is 24.0. The maximum atomic E-state index is 12.0. The molecular formula is C26H36O7. The number of phenolic OH excluding ortho intramolecular Hbond substituents is 1. The molecule has 0 atom stereocenters. The third-order valence-corrected chi connectivity index (χ3v) is 5.68. The van der Waals surface area contributed by atoms with Gasteiger partial charge in [0.25, 0.3) is 0 Å². The van der Waals surface area contributed by atoms with Crippen LogP contribution in [0.1, 0.15) is 72.5 Å². The van der Waals surface area contributed by atoms with Gasteiger partial charge in [0.15, 0.2) is 0 Å². The monoisotopic (exact) mass is 460 g/mol. The highest BCUT2D eigenvalue weighted by Crippen LogP contribution is 2.42. The van der Waals surface area contributed by atoms with Gasteiger partial charge in [0.1, 0.15) is 23.7 Å². The third kappa shape index (κ3) is 7.77. The SMILES string of the molecule is [CH2]C([CH2])OCCCCCCOC(=O)CC/C(C)=C/Cc1c(O)c2c(c(C)c1OC)COC2=O. The van der Waals surface area contributed by atoms with Crippen molar-refractivity contribution in [3.05, 3.63) is 47.8 Å². The summed E-state index contributed by atoms with van der Waals surface area (Å²) >= 11 is 0. The number of fused-ring (bicyclic) bond motifs is 1. The highest BCUT2D eigenvalue weighted by atomic mass is 16.5. The minimum Gasteiger partial charge on any atom is -0.507 e. The molecular weight excluding hydrogens is 424 g/mol. The molecule has 2 radical (unpaired) electrons. The number of hydrogen-bond acceptors (Lipinski definition) is 7. The van der Waals surface area contributed by atoms with Crippen LogP contribution in [0.25, 0.3) is 0 Å². The number of benzene rings is 1. The Morgan fingerprint density at radius 2 is 1.88 bits per heavy atom. The number of unbranched alkanes of at least 4 members (excludes halogenated alkanes) is 3. The lowest BCUT2D eigenvalue weighted by Crippen LogP contribution is -2.06. The molecule has 0 saturated heterocycles. The smallest absolute Gasteiger partial charge is 0.342 e. The average Bonchev–Trinajstić information content (AvgIpc) is 3.17. The van der Waals surface area contributed by atoms with Crippen molar-refractivity contribution in [2.45, 2.75) is 71.5 Å². The van der Waals surface area contributed by atoms with E-state index in [1.807, 2.05) is 19.9 Å². The third-order valence-electron chi connectivity index (χ3n) is 5.68. The molecule has 2 rings (SSSR count). The van der Waals surface area contributed by atoms with Crippen LogP contribution in [0.3, 0.4) is 0 Å². The molecule has 0 amide bonds. The molecule has 0 fully saturated rings. The Morgan fingerprint density at radius 1 is 1.18 bits per heavy atom. The summed E-state index contributed by atoms with van der Waals surface area (Å²) < 4.78 is 21.2. The predicted octanol–water partition coefficient (Wildman–Crippen LogP) is 4.81. The van der Waals surface area contributed by atoms with Gasteiger partial charge in [-0.3, -0.25) is 4.79 Å². The Morgan fingerprint density at radius 3 is 2.55 bits per heavy atom. The Balaban J connectivity index is 1.78. The number of aromatic hydroxyl groups is 1. The lowest BCUT2D eigenvalue weighted by molar-refractivity contribution is -0.143. The van der Waals surface area contributed by atoms with Crippen molar-refractivity contribution in [3.63, 3.8) is 0 Å². The van der Waals surface area contributed by atoms with Crippen molar-refractivity contribution in [1.82, 2.24) is 0 Å². The Kier molecular flexibility index (Phi) is 10.7. The van der Waals surface area contributed by atoms with E-state index in [0.29, 0.717) is 49.4 Å². The molecule has 1 N–H and O–H groups in total. The second kappa shape index (κ2) is 13.2. The van der Waals surface area contributed by atoms with Gasteiger partial charge in [0, 0.05) is 24.2 Å². The molecule has 1 aliphatic rings. The summed E-state index contributed by atoms with van der Waals surface area (Å²) in [5.41, 5.74) is 3.21. The lowest BCUT2D eigenvalue weighted by atomic mass is 9.94. The fraction of sp³-hybridized carbons (Fsp3) is 0.538. The van der Waals surface area contributed by atoms with E-state index in [0.717, 1.165) is 36.8 Å². The van der Waals surface area contributed by atoms with Gasteiger partial charge in [-0.05, 0) is 65.4 Å². The number of cyclic esters (lactones) is 1. The summed E-state index contributed by atoms with van der Waals surface area (Å²) in [5, 5.41) is 10.7. The number of ether oxygens (including phenoxy) is 4. The molecule has 1 aliphatic heterocycles. The standard InChI is InChI=1S/C26H36O7/c1-17(2)31-14-8-6-7-9-15-32-22(27)13-11-18(3)10-12-20-24(28)23-21(16-33-26(23)29)19(4)25(20)30-5/h10,17,28H,1-2,6-9,11-16H2,3-5H3/b18-10+. The molecule has 1 aromatic rings. The van der Waals surface area contributed by atoms with E-state index >= 15 is 0 Å². The molecule has 7 heteroatoms. The maximum Gasteiger partial charge on any atom is 0.342 e. The number of rotatable bonds is 14. The quantitative estimate of drug-likeness (QED) is 0.242. The number of methoxy groups -OCH3 is 1. The van der Waals surface area contributed by atoms with E-state index < -0.39 is 5.97 Å². The zero-order valence-electron chi connectivity index (χ0n) is 20.0. The zero-order valence-corrected chi connectivity index (χ0v) is 20.0. The molecule has 1 aromatic carbocycles. The summed E-state index contributed by atoms with van der Waals surface area (Å²) in [5.74, 6) is -0.282. The van der Waals surface area contributed by atoms with Crippen molar-refractivity contribution >= 4 is 11.9 Å². The number of hydrogen-bond donors (Lipinski definition) is 1. The minimum atomic E-state index is -0.517. The number of esters is 2. The summed E-state index contributed by atoms with van der Waals surface area (Å²) in [6.45, 7) is 12.3. The topological polar surface area (TPSA) is 91.3 Å². The highest BCUT2D eigenvalue weighted by molar-refractivity contribution is 5.98. The van der Waals surface area contributed by atoms with Crippen molar-refractivity contribution in [3.8, 4) is 11.5 Å². The molecule has 0 saturated carbocycles. The van der Waals surface area contributed by atoms with Crippen LogP contribution >= 0.6 is 0 Å². The number of carbonyl (C=O) groups is 2. The van der Waals surface area contributed by atoms with Crippen molar-refractivity contribution in [1.29, 1.82) is 0 Å². The molecule has 1 heterocycles. The van der Waals surface area contributed by atoms with Crippen LogP contribution in [0.2, 0.25) is 0 Å². The zero-order chi connectivity index (χ0) is 24.4. The van der Waals surface area contributed by atoms with Crippen molar-refractivity contribution < 1.29 is 33.6 Å². The average molecular weight is 461 g/mol. The fourth-order valence-corrected chi connectivity index (χ4v) is 3.77. The van der Waals surface area contributed by atoms with Crippen LogP contribution in [0, 0.1) is 20.8 Å². The van der Waals surface area contributed by atoms with Gasteiger partial charge in [0.2, 0.25) is 0 Å². The Bertz CT molecular complexity index is 855. The Labute approximate surface area is 197 Å². The fourth-order valence-electron chi connectivity index (χ4n) is 3.77. The summed E-state index contributed by atoms with van der Waals surface area (Å²) in [7, 11) is 1.54. The Hall–Kier alpha value is -2.54. The van der Waals surface area contributed by atoms with Crippen molar-refractivity contribution in [2.24, 2.45) is 0 Å². The maximum absolute atomic E-state index is 12.0. The van der Waals surface area contributed by atoms with Gasteiger partial charge >= 0.3 is 11.9 Å². The van der Waals surface area contributed by atoms with Crippen LogP contribution in [0.4, 0.5) is 0 Å². The van der Waals surface area contributed by atoms with Gasteiger partial charge in [-0.15, -0.1) is 0 Å². The van der Waals surface area contributed by atoms with Gasteiger partial charge in [-0.25, -0.2) is 4.79 Å². The van der Waals surface area contributed by atoms with Gasteiger partial charge in [-0.1, -0.05) is 18.1 Å². The first-order chi connectivity index (χ1) is 15.8. The van der Waals surface area contributed by atoms with Crippen LogP contribution < -0.4 is 4.74 Å². The van der Waals surface area contributed by atoms with Gasteiger partial charge in [-0.2, -0.15) is 0 Å². The van der Waals surface area contributed by atoms with Crippen LogP contribution in [-0.4, -0.2) is 43.5 Å². The van der Waals surface area contributed by atoms with E-state index in [1.165, 1.54) is 7.11 Å². The first kappa shape index (κ1) is 26.7.